The molecular formula is C14H22N2O5S. The maximum atomic E-state index is 12.9. The van der Waals surface area contributed by atoms with E-state index in [-0.39, 0.29) is 24.1 Å². The molecule has 22 heavy (non-hydrogen) atoms. The van der Waals surface area contributed by atoms with Gasteiger partial charge in [-0.15, -0.1) is 0 Å². The lowest BCUT2D eigenvalue weighted by Gasteiger charge is -2.32. The van der Waals surface area contributed by atoms with Crippen molar-refractivity contribution in [1.29, 1.82) is 0 Å². The number of benzene rings is 1. The molecule has 1 heterocycles. The lowest BCUT2D eigenvalue weighted by molar-refractivity contribution is 0.00449. The van der Waals surface area contributed by atoms with Gasteiger partial charge in [-0.25, -0.2) is 8.42 Å². The standard InChI is InChI=1S/C14H22N2O5S/c1-10-6-12(19-2)13(20-3)7-14(10)22(17,18)16-4-5-21-11(8-15)9-16/h6-7,11H,4-5,8-9,15H2,1-3H3. The van der Waals surface area contributed by atoms with Crippen LogP contribution in [0.3, 0.4) is 0 Å². The maximum absolute atomic E-state index is 12.9. The van der Waals surface area contributed by atoms with E-state index < -0.39 is 10.0 Å². The highest BCUT2D eigenvalue weighted by Crippen LogP contribution is 2.33. The Morgan fingerprint density at radius 3 is 2.55 bits per heavy atom. The Labute approximate surface area is 131 Å². The molecular weight excluding hydrogens is 308 g/mol. The first kappa shape index (κ1) is 17.0. The molecule has 1 aliphatic rings. The number of rotatable bonds is 5. The molecule has 2 N–H and O–H groups in total. The normalized spacial score (nSPS) is 19.9. The number of nitrogens with two attached hydrogens (primary N) is 1. The number of methoxy groups -OCH3 is 2. The molecule has 124 valence electrons. The minimum atomic E-state index is -3.63. The number of hydrogen-bond donors (Lipinski definition) is 1. The van der Waals surface area contributed by atoms with Crippen molar-refractivity contribution >= 4 is 10.0 Å². The molecule has 1 unspecified atom stereocenters. The van der Waals surface area contributed by atoms with Crippen molar-refractivity contribution in [2.24, 2.45) is 5.73 Å². The van der Waals surface area contributed by atoms with Gasteiger partial charge in [0.25, 0.3) is 0 Å². The van der Waals surface area contributed by atoms with Gasteiger partial charge >= 0.3 is 0 Å². The Hall–Kier alpha value is -1.35. The summed E-state index contributed by atoms with van der Waals surface area (Å²) in [6.07, 6.45) is -0.274. The van der Waals surface area contributed by atoms with Crippen LogP contribution in [0.1, 0.15) is 5.56 Å². The van der Waals surface area contributed by atoms with Crippen LogP contribution in [0, 0.1) is 6.92 Å². The topological polar surface area (TPSA) is 91.1 Å². The fourth-order valence-electron chi connectivity index (χ4n) is 2.43. The van der Waals surface area contributed by atoms with E-state index in [1.54, 1.807) is 13.0 Å². The minimum Gasteiger partial charge on any atom is -0.493 e. The van der Waals surface area contributed by atoms with Gasteiger partial charge in [-0.3, -0.25) is 0 Å². The summed E-state index contributed by atoms with van der Waals surface area (Å²) >= 11 is 0. The van der Waals surface area contributed by atoms with E-state index in [9.17, 15) is 8.42 Å². The molecule has 1 fully saturated rings. The van der Waals surface area contributed by atoms with Crippen molar-refractivity contribution in [2.75, 3.05) is 40.5 Å². The van der Waals surface area contributed by atoms with Gasteiger partial charge in [0.1, 0.15) is 0 Å². The summed E-state index contributed by atoms with van der Waals surface area (Å²) in [7, 11) is -0.643. The third-order valence-corrected chi connectivity index (χ3v) is 5.67. The third-order valence-electron chi connectivity index (χ3n) is 3.66. The van der Waals surface area contributed by atoms with Crippen LogP contribution in [0.2, 0.25) is 0 Å². The lowest BCUT2D eigenvalue weighted by Crippen LogP contribution is -2.48. The molecule has 0 spiro atoms. The van der Waals surface area contributed by atoms with Crippen LogP contribution in [0.4, 0.5) is 0 Å². The Kier molecular flexibility index (Phi) is 5.28. The second-order valence-corrected chi connectivity index (χ2v) is 6.97. The van der Waals surface area contributed by atoms with E-state index in [2.05, 4.69) is 0 Å². The van der Waals surface area contributed by atoms with Crippen LogP contribution in [0.15, 0.2) is 17.0 Å². The zero-order valence-corrected chi connectivity index (χ0v) is 13.9. The summed E-state index contributed by atoms with van der Waals surface area (Å²) in [4.78, 5) is 0.211. The quantitative estimate of drug-likeness (QED) is 0.838. The number of aryl methyl sites for hydroxylation is 1. The van der Waals surface area contributed by atoms with Gasteiger partial charge in [-0.2, -0.15) is 4.31 Å². The summed E-state index contributed by atoms with van der Waals surface area (Å²) in [5, 5.41) is 0. The largest absolute Gasteiger partial charge is 0.493 e. The summed E-state index contributed by atoms with van der Waals surface area (Å²) in [5.74, 6) is 0.885. The number of sulfonamides is 1. The highest BCUT2D eigenvalue weighted by molar-refractivity contribution is 7.89. The SMILES string of the molecule is COc1cc(C)c(S(=O)(=O)N2CCOC(CN)C2)cc1OC. The van der Waals surface area contributed by atoms with Crippen molar-refractivity contribution in [1.82, 2.24) is 4.31 Å². The highest BCUT2D eigenvalue weighted by Gasteiger charge is 2.32. The molecule has 0 amide bonds. The summed E-state index contributed by atoms with van der Waals surface area (Å²) in [6, 6.07) is 3.16. The molecule has 0 saturated carbocycles. The molecule has 1 saturated heterocycles. The second kappa shape index (κ2) is 6.82. The number of nitrogens with zero attached hydrogens (tertiary/aromatic N) is 1. The fourth-order valence-corrected chi connectivity index (χ4v) is 4.11. The number of ether oxygens (including phenoxy) is 3. The number of hydrogen-bond acceptors (Lipinski definition) is 6. The first-order valence-corrected chi connectivity index (χ1v) is 8.42. The molecule has 1 atom stereocenters. The number of morpholine rings is 1. The first-order valence-electron chi connectivity index (χ1n) is 6.98. The van der Waals surface area contributed by atoms with Crippen LogP contribution in [0.5, 0.6) is 11.5 Å². The molecule has 0 aromatic heterocycles. The Morgan fingerprint density at radius 1 is 1.32 bits per heavy atom. The zero-order valence-electron chi connectivity index (χ0n) is 13.0. The first-order chi connectivity index (χ1) is 10.4. The van der Waals surface area contributed by atoms with Gasteiger partial charge in [-0.1, -0.05) is 0 Å². The molecule has 1 aliphatic heterocycles. The van der Waals surface area contributed by atoms with Gasteiger partial charge < -0.3 is 19.9 Å². The van der Waals surface area contributed by atoms with E-state index in [4.69, 9.17) is 19.9 Å². The molecule has 0 radical (unpaired) electrons. The highest BCUT2D eigenvalue weighted by atomic mass is 32.2. The zero-order chi connectivity index (χ0) is 16.3. The Morgan fingerprint density at radius 2 is 1.95 bits per heavy atom. The fraction of sp³-hybridized carbons (Fsp3) is 0.571. The lowest BCUT2D eigenvalue weighted by atomic mass is 10.2. The summed E-state index contributed by atoms with van der Waals surface area (Å²) in [5.41, 5.74) is 6.18. The van der Waals surface area contributed by atoms with E-state index >= 15 is 0 Å². The molecule has 0 aliphatic carbocycles. The van der Waals surface area contributed by atoms with Gasteiger partial charge in [0.15, 0.2) is 11.5 Å². The minimum absolute atomic E-state index is 0.211. The van der Waals surface area contributed by atoms with Crippen LogP contribution < -0.4 is 15.2 Å². The molecule has 7 nitrogen and oxygen atoms in total. The maximum Gasteiger partial charge on any atom is 0.243 e. The predicted molar refractivity (Wildman–Crippen MR) is 81.8 cm³/mol. The predicted octanol–water partition coefficient (Wildman–Crippen LogP) is 0.360. The molecule has 8 heteroatoms. The second-order valence-electron chi connectivity index (χ2n) is 5.06. The third kappa shape index (κ3) is 3.19. The monoisotopic (exact) mass is 330 g/mol. The van der Waals surface area contributed by atoms with E-state index in [0.29, 0.717) is 30.2 Å². The van der Waals surface area contributed by atoms with Crippen LogP contribution in [-0.2, 0) is 14.8 Å². The van der Waals surface area contributed by atoms with Crippen LogP contribution in [-0.4, -0.2) is 59.3 Å². The molecule has 1 aromatic rings. The van der Waals surface area contributed by atoms with Crippen molar-refractivity contribution in [3.63, 3.8) is 0 Å². The van der Waals surface area contributed by atoms with E-state index in [0.717, 1.165) is 0 Å². The summed E-state index contributed by atoms with van der Waals surface area (Å²) < 4.78 is 43.0. The Balaban J connectivity index is 2.40. The van der Waals surface area contributed by atoms with Crippen molar-refractivity contribution in [3.8, 4) is 11.5 Å². The molecule has 2 rings (SSSR count). The van der Waals surface area contributed by atoms with Crippen LogP contribution >= 0.6 is 0 Å². The van der Waals surface area contributed by atoms with Gasteiger partial charge in [-0.05, 0) is 18.6 Å². The summed E-state index contributed by atoms with van der Waals surface area (Å²) in [6.45, 7) is 2.93. The Bertz CT molecular complexity index is 632. The van der Waals surface area contributed by atoms with Crippen molar-refractivity contribution < 1.29 is 22.6 Å². The van der Waals surface area contributed by atoms with Crippen LogP contribution in [0.25, 0.3) is 0 Å². The average Bonchev–Trinajstić information content (AvgIpc) is 2.54. The van der Waals surface area contributed by atoms with Gasteiger partial charge in [0.05, 0.1) is 31.8 Å². The van der Waals surface area contributed by atoms with Crippen molar-refractivity contribution in [2.45, 2.75) is 17.9 Å². The average molecular weight is 330 g/mol. The van der Waals surface area contributed by atoms with E-state index in [1.165, 1.54) is 24.6 Å². The smallest absolute Gasteiger partial charge is 0.243 e. The van der Waals surface area contributed by atoms with E-state index in [1.807, 2.05) is 0 Å². The van der Waals surface area contributed by atoms with Crippen molar-refractivity contribution in [3.05, 3.63) is 17.7 Å². The van der Waals surface area contributed by atoms with Gasteiger partial charge in [0.2, 0.25) is 10.0 Å². The molecule has 1 aromatic carbocycles. The van der Waals surface area contributed by atoms with Gasteiger partial charge in [0, 0.05) is 25.7 Å². The molecule has 0 bridgehead atoms.